The summed E-state index contributed by atoms with van der Waals surface area (Å²) in [4.78, 5) is 17.9. The fourth-order valence-corrected chi connectivity index (χ4v) is 5.42. The van der Waals surface area contributed by atoms with Crippen molar-refractivity contribution >= 4 is 11.6 Å². The quantitative estimate of drug-likeness (QED) is 0.470. The van der Waals surface area contributed by atoms with Crippen molar-refractivity contribution in [3.8, 4) is 0 Å². The van der Waals surface area contributed by atoms with Crippen molar-refractivity contribution in [1.29, 1.82) is 0 Å². The molecule has 5 rings (SSSR count). The average molecular weight is 512 g/mol. The Morgan fingerprint density at radius 2 is 1.70 bits per heavy atom. The molecule has 37 heavy (non-hydrogen) atoms. The number of hydrogen-bond acceptors (Lipinski definition) is 3. The highest BCUT2D eigenvalue weighted by Gasteiger charge is 2.42. The highest BCUT2D eigenvalue weighted by Crippen LogP contribution is 2.39. The van der Waals surface area contributed by atoms with Crippen LogP contribution in [0.25, 0.3) is 0 Å². The molecule has 2 aliphatic rings. The van der Waals surface area contributed by atoms with Crippen LogP contribution in [0.3, 0.4) is 0 Å². The van der Waals surface area contributed by atoms with Crippen LogP contribution in [-0.4, -0.2) is 43.0 Å². The van der Waals surface area contributed by atoms with Gasteiger partial charge in [0.25, 0.3) is 0 Å². The Hall–Kier alpha value is -3.39. The van der Waals surface area contributed by atoms with Gasteiger partial charge in [0.15, 0.2) is 0 Å². The van der Waals surface area contributed by atoms with Gasteiger partial charge < -0.3 is 10.2 Å². The van der Waals surface area contributed by atoms with Crippen molar-refractivity contribution in [2.24, 2.45) is 5.92 Å². The molecule has 1 saturated heterocycles. The number of carbonyl (C=O) groups is 1. The van der Waals surface area contributed by atoms with Crippen molar-refractivity contribution in [3.63, 3.8) is 0 Å². The van der Waals surface area contributed by atoms with Crippen molar-refractivity contribution in [2.45, 2.75) is 31.6 Å². The van der Waals surface area contributed by atoms with Crippen molar-refractivity contribution in [1.82, 2.24) is 10.2 Å². The zero-order chi connectivity index (χ0) is 26.0. The van der Waals surface area contributed by atoms with E-state index in [0.717, 1.165) is 36.8 Å². The highest BCUT2D eigenvalue weighted by molar-refractivity contribution is 5.82. The van der Waals surface area contributed by atoms with E-state index in [1.807, 2.05) is 18.2 Å². The Morgan fingerprint density at radius 3 is 2.43 bits per heavy atom. The monoisotopic (exact) mass is 511 g/mol. The molecule has 1 N–H and O–H groups in total. The number of alkyl halides is 3. The summed E-state index contributed by atoms with van der Waals surface area (Å²) in [6.07, 6.45) is -3.31. The van der Waals surface area contributed by atoms with Gasteiger partial charge in [-0.15, -0.1) is 0 Å². The summed E-state index contributed by atoms with van der Waals surface area (Å²) in [5.41, 5.74) is 2.63. The number of hydrogen-bond donors (Lipinski definition) is 1. The van der Waals surface area contributed by atoms with E-state index >= 15 is 0 Å². The molecule has 3 aromatic carbocycles. The normalized spacial score (nSPS) is 19.7. The molecule has 2 heterocycles. The number of piperazine rings is 1. The summed E-state index contributed by atoms with van der Waals surface area (Å²) in [5, 5.41) is 2.94. The van der Waals surface area contributed by atoms with Gasteiger partial charge in [-0.25, -0.2) is 4.39 Å². The predicted octanol–water partition coefficient (Wildman–Crippen LogP) is 5.07. The standard InChI is InChI=1S/C29H29F4N3O/c30-24-9-6-21(7-10-24)18-34-28(37)25-17-22-16-23(29(31,32)33)8-11-26(22)36-15-14-35(19-27(25)36)13-12-20-4-2-1-3-5-20/h1-11,16,25,27H,12-15,17-19H2,(H,34,37)/t25-,27-/m1/s1. The second-order valence-corrected chi connectivity index (χ2v) is 9.79. The molecule has 1 fully saturated rings. The summed E-state index contributed by atoms with van der Waals surface area (Å²) in [6, 6.07) is 19.8. The van der Waals surface area contributed by atoms with Crippen LogP contribution < -0.4 is 10.2 Å². The lowest BCUT2D eigenvalue weighted by Crippen LogP contribution is -2.61. The van der Waals surface area contributed by atoms with E-state index < -0.39 is 17.7 Å². The van der Waals surface area contributed by atoms with Gasteiger partial charge >= 0.3 is 6.18 Å². The zero-order valence-corrected chi connectivity index (χ0v) is 20.3. The smallest absolute Gasteiger partial charge is 0.365 e. The van der Waals surface area contributed by atoms with E-state index in [0.29, 0.717) is 18.7 Å². The second kappa shape index (κ2) is 10.5. The molecule has 1 amide bonds. The van der Waals surface area contributed by atoms with Crippen LogP contribution >= 0.6 is 0 Å². The molecular weight excluding hydrogens is 482 g/mol. The van der Waals surface area contributed by atoms with Crippen LogP contribution in [0, 0.1) is 11.7 Å². The fraction of sp³-hybridized carbons (Fsp3) is 0.345. The van der Waals surface area contributed by atoms with Gasteiger partial charge in [0.05, 0.1) is 17.5 Å². The molecule has 4 nitrogen and oxygen atoms in total. The lowest BCUT2D eigenvalue weighted by Gasteiger charge is -2.49. The molecule has 8 heteroatoms. The molecule has 0 bridgehead atoms. The second-order valence-electron chi connectivity index (χ2n) is 9.79. The molecule has 0 spiro atoms. The largest absolute Gasteiger partial charge is 0.416 e. The molecule has 194 valence electrons. The van der Waals surface area contributed by atoms with Crippen LogP contribution in [0.1, 0.15) is 22.3 Å². The van der Waals surface area contributed by atoms with E-state index in [1.54, 1.807) is 18.2 Å². The van der Waals surface area contributed by atoms with Crippen molar-refractivity contribution in [3.05, 3.63) is 101 Å². The molecule has 0 saturated carbocycles. The first kappa shape index (κ1) is 25.3. The summed E-state index contributed by atoms with van der Waals surface area (Å²) < 4.78 is 53.5. The number of nitrogens with one attached hydrogen (secondary N) is 1. The maximum absolute atomic E-state index is 13.4. The van der Waals surface area contributed by atoms with Crippen LogP contribution in [0.4, 0.5) is 23.2 Å². The lowest BCUT2D eigenvalue weighted by atomic mass is 9.82. The Labute approximate surface area is 213 Å². The molecule has 0 radical (unpaired) electrons. The molecule has 0 aromatic heterocycles. The van der Waals surface area contributed by atoms with Crippen LogP contribution in [0.5, 0.6) is 0 Å². The number of benzene rings is 3. The van der Waals surface area contributed by atoms with Crippen LogP contribution in [0.15, 0.2) is 72.8 Å². The van der Waals surface area contributed by atoms with Gasteiger partial charge in [-0.2, -0.15) is 13.2 Å². The maximum atomic E-state index is 13.4. The van der Waals surface area contributed by atoms with Gasteiger partial charge in [0, 0.05) is 38.4 Å². The number of rotatable bonds is 6. The number of anilines is 1. The minimum Gasteiger partial charge on any atom is -0.365 e. The third-order valence-corrected chi connectivity index (χ3v) is 7.40. The predicted molar refractivity (Wildman–Crippen MR) is 135 cm³/mol. The first-order chi connectivity index (χ1) is 17.8. The fourth-order valence-electron chi connectivity index (χ4n) is 5.42. The van der Waals surface area contributed by atoms with Crippen molar-refractivity contribution < 1.29 is 22.4 Å². The first-order valence-electron chi connectivity index (χ1n) is 12.5. The Morgan fingerprint density at radius 1 is 0.946 bits per heavy atom. The first-order valence-corrected chi connectivity index (χ1v) is 12.5. The average Bonchev–Trinajstić information content (AvgIpc) is 2.90. The topological polar surface area (TPSA) is 35.6 Å². The molecule has 3 aromatic rings. The summed E-state index contributed by atoms with van der Waals surface area (Å²) >= 11 is 0. The van der Waals surface area contributed by atoms with Gasteiger partial charge in [-0.05, 0) is 59.9 Å². The minimum atomic E-state index is -4.44. The molecule has 2 aliphatic heterocycles. The van der Waals surface area contributed by atoms with E-state index in [-0.39, 0.29) is 30.7 Å². The van der Waals surface area contributed by atoms with Gasteiger partial charge in [0.1, 0.15) is 5.82 Å². The van der Waals surface area contributed by atoms with E-state index in [1.165, 1.54) is 23.8 Å². The Kier molecular flexibility index (Phi) is 7.20. The molecular formula is C29H29F4N3O. The Balaban J connectivity index is 1.36. The molecule has 2 atom stereocenters. The third kappa shape index (κ3) is 5.80. The van der Waals surface area contributed by atoms with Gasteiger partial charge in [0.2, 0.25) is 5.91 Å². The summed E-state index contributed by atoms with van der Waals surface area (Å²) in [7, 11) is 0. The minimum absolute atomic E-state index is 0.151. The van der Waals surface area contributed by atoms with Gasteiger partial charge in [-0.3, -0.25) is 9.69 Å². The molecule has 0 unspecified atom stereocenters. The van der Waals surface area contributed by atoms with Crippen LogP contribution in [0.2, 0.25) is 0 Å². The van der Waals surface area contributed by atoms with E-state index in [9.17, 15) is 22.4 Å². The van der Waals surface area contributed by atoms with Gasteiger partial charge in [-0.1, -0.05) is 42.5 Å². The van der Waals surface area contributed by atoms with Crippen LogP contribution in [-0.2, 0) is 30.4 Å². The summed E-state index contributed by atoms with van der Waals surface area (Å²) in [5.74, 6) is -1.06. The lowest BCUT2D eigenvalue weighted by molar-refractivity contribution is -0.137. The molecule has 0 aliphatic carbocycles. The summed E-state index contributed by atoms with van der Waals surface area (Å²) in [6.45, 7) is 3.14. The Bertz CT molecular complexity index is 1230. The van der Waals surface area contributed by atoms with E-state index in [4.69, 9.17) is 0 Å². The number of fused-ring (bicyclic) bond motifs is 3. The third-order valence-electron chi connectivity index (χ3n) is 7.40. The SMILES string of the molecule is O=C(NCc1ccc(F)cc1)[C@@H]1Cc2cc(C(F)(F)F)ccc2N2CCN(CCc3ccccc3)C[C@H]12. The number of carbonyl (C=O) groups excluding carboxylic acids is 1. The maximum Gasteiger partial charge on any atom is 0.416 e. The number of nitrogens with zero attached hydrogens (tertiary/aromatic N) is 2. The zero-order valence-electron chi connectivity index (χ0n) is 20.3. The number of halogens is 4. The van der Waals surface area contributed by atoms with Crippen molar-refractivity contribution in [2.75, 3.05) is 31.1 Å². The highest BCUT2D eigenvalue weighted by atomic mass is 19.4. The van der Waals surface area contributed by atoms with E-state index in [2.05, 4.69) is 27.2 Å². The number of amides is 1.